The van der Waals surface area contributed by atoms with Crippen LogP contribution in [0.3, 0.4) is 0 Å². The van der Waals surface area contributed by atoms with Gasteiger partial charge in [-0.05, 0) is 24.3 Å². The minimum absolute atomic E-state index is 0.0359. The molecule has 0 bridgehead atoms. The lowest BCUT2D eigenvalue weighted by Crippen LogP contribution is -1.96. The smallest absolute Gasteiger partial charge is 0.221 e. The van der Waals surface area contributed by atoms with E-state index in [2.05, 4.69) is 4.98 Å². The summed E-state index contributed by atoms with van der Waals surface area (Å²) in [5.74, 6) is -0.737. The summed E-state index contributed by atoms with van der Waals surface area (Å²) in [6, 6.07) is 8.00. The molecule has 1 aromatic carbocycles. The highest BCUT2D eigenvalue weighted by atomic mass is 35.5. The second-order valence-electron chi connectivity index (χ2n) is 3.69. The minimum atomic E-state index is -0.737. The van der Waals surface area contributed by atoms with Crippen molar-refractivity contribution in [2.45, 2.75) is 6.42 Å². The van der Waals surface area contributed by atoms with Crippen LogP contribution in [0.4, 0.5) is 4.39 Å². The van der Waals surface area contributed by atoms with Gasteiger partial charge in [-0.25, -0.2) is 4.98 Å². The van der Waals surface area contributed by atoms with Gasteiger partial charge in [0.25, 0.3) is 0 Å². The van der Waals surface area contributed by atoms with Gasteiger partial charge in [0.1, 0.15) is 0 Å². The molecular weight excluding hydrogens is 310 g/mol. The second-order valence-corrected chi connectivity index (χ2v) is 4.89. The van der Waals surface area contributed by atoms with E-state index in [4.69, 9.17) is 40.1 Å². The Bertz CT molecular complexity index is 680. The third kappa shape index (κ3) is 2.82. The van der Waals surface area contributed by atoms with E-state index >= 15 is 0 Å². The lowest BCUT2D eigenvalue weighted by molar-refractivity contribution is 0.582. The molecule has 2 aromatic rings. The Labute approximate surface area is 124 Å². The van der Waals surface area contributed by atoms with Crippen molar-refractivity contribution in [2.75, 3.05) is 0 Å². The lowest BCUT2D eigenvalue weighted by Gasteiger charge is -2.09. The molecule has 0 aliphatic heterocycles. The fraction of sp³-hybridized carbons (Fsp3) is 0.0769. The topological polar surface area (TPSA) is 36.7 Å². The fourth-order valence-corrected chi connectivity index (χ4v) is 2.34. The summed E-state index contributed by atoms with van der Waals surface area (Å²) < 4.78 is 14.0. The normalized spacial score (nSPS) is 10.3. The molecule has 0 atom stereocenters. The van der Waals surface area contributed by atoms with Crippen molar-refractivity contribution in [1.29, 1.82) is 5.26 Å². The molecule has 0 fully saturated rings. The van der Waals surface area contributed by atoms with Crippen LogP contribution in [0.15, 0.2) is 24.3 Å². The van der Waals surface area contributed by atoms with Crippen LogP contribution in [0.25, 0.3) is 11.1 Å². The van der Waals surface area contributed by atoms with Gasteiger partial charge in [0, 0.05) is 11.1 Å². The number of nitriles is 1. The Balaban J connectivity index is 2.60. The summed E-state index contributed by atoms with van der Waals surface area (Å²) in [7, 11) is 0. The molecule has 2 nitrogen and oxygen atoms in total. The number of hydrogen-bond donors (Lipinski definition) is 0. The second kappa shape index (κ2) is 5.75. The highest BCUT2D eigenvalue weighted by Crippen LogP contribution is 2.39. The Hall–Kier alpha value is -1.34. The number of nitrogens with zero attached hydrogens (tertiary/aromatic N) is 2. The van der Waals surface area contributed by atoms with Crippen molar-refractivity contribution >= 4 is 34.8 Å². The van der Waals surface area contributed by atoms with Crippen molar-refractivity contribution in [3.05, 3.63) is 51.0 Å². The molecule has 1 aromatic heterocycles. The van der Waals surface area contributed by atoms with E-state index < -0.39 is 5.95 Å². The molecule has 0 saturated carbocycles. The Kier molecular flexibility index (Phi) is 4.26. The summed E-state index contributed by atoms with van der Waals surface area (Å²) in [5, 5.41) is 9.28. The van der Waals surface area contributed by atoms with Crippen molar-refractivity contribution in [3.8, 4) is 17.2 Å². The van der Waals surface area contributed by atoms with Crippen LogP contribution < -0.4 is 0 Å². The van der Waals surface area contributed by atoms with E-state index in [1.807, 2.05) is 6.07 Å². The Morgan fingerprint density at radius 1 is 1.11 bits per heavy atom. The number of benzene rings is 1. The van der Waals surface area contributed by atoms with Crippen molar-refractivity contribution in [3.63, 3.8) is 0 Å². The zero-order chi connectivity index (χ0) is 14.0. The molecule has 0 radical (unpaired) electrons. The quantitative estimate of drug-likeness (QED) is 0.583. The molecule has 19 heavy (non-hydrogen) atoms. The molecule has 6 heteroatoms. The molecule has 0 aliphatic rings. The first-order valence-corrected chi connectivity index (χ1v) is 6.34. The molecule has 0 aliphatic carbocycles. The summed E-state index contributed by atoms with van der Waals surface area (Å²) in [6.45, 7) is 0. The van der Waals surface area contributed by atoms with E-state index in [0.29, 0.717) is 11.3 Å². The molecule has 0 amide bonds. The van der Waals surface area contributed by atoms with E-state index in [1.54, 1.807) is 6.07 Å². The molecular formula is C13H6Cl3FN2. The van der Waals surface area contributed by atoms with E-state index in [0.717, 1.165) is 0 Å². The van der Waals surface area contributed by atoms with Gasteiger partial charge in [-0.3, -0.25) is 0 Å². The molecule has 96 valence electrons. The van der Waals surface area contributed by atoms with Crippen LogP contribution in [0.5, 0.6) is 0 Å². The van der Waals surface area contributed by atoms with Gasteiger partial charge in [0.05, 0.1) is 33.3 Å². The number of aromatic nitrogens is 1. The zero-order valence-corrected chi connectivity index (χ0v) is 11.7. The van der Waals surface area contributed by atoms with Gasteiger partial charge in [0.2, 0.25) is 5.95 Å². The monoisotopic (exact) mass is 314 g/mol. The van der Waals surface area contributed by atoms with Gasteiger partial charge in [-0.2, -0.15) is 9.65 Å². The molecule has 0 saturated heterocycles. The van der Waals surface area contributed by atoms with E-state index in [-0.39, 0.29) is 27.1 Å². The van der Waals surface area contributed by atoms with Crippen molar-refractivity contribution in [1.82, 2.24) is 4.98 Å². The summed E-state index contributed by atoms with van der Waals surface area (Å²) in [5.41, 5.74) is 0.793. The maximum Gasteiger partial charge on any atom is 0.221 e. The van der Waals surface area contributed by atoms with Crippen LogP contribution in [0, 0.1) is 17.3 Å². The Morgan fingerprint density at radius 2 is 1.79 bits per heavy atom. The van der Waals surface area contributed by atoms with Gasteiger partial charge in [-0.1, -0.05) is 34.8 Å². The highest BCUT2D eigenvalue weighted by Gasteiger charge is 2.16. The molecule has 0 unspecified atom stereocenters. The average Bonchev–Trinajstić information content (AvgIpc) is 2.37. The largest absolute Gasteiger partial charge is 0.223 e. The third-order valence-corrected chi connectivity index (χ3v) is 3.60. The summed E-state index contributed by atoms with van der Waals surface area (Å²) in [6.07, 6.45) is 0.0359. The van der Waals surface area contributed by atoms with Crippen LogP contribution in [0.2, 0.25) is 15.1 Å². The zero-order valence-electron chi connectivity index (χ0n) is 9.42. The first kappa shape index (κ1) is 14.1. The summed E-state index contributed by atoms with van der Waals surface area (Å²) >= 11 is 18.0. The van der Waals surface area contributed by atoms with Crippen molar-refractivity contribution < 1.29 is 4.39 Å². The van der Waals surface area contributed by atoms with E-state index in [9.17, 15) is 4.39 Å². The Morgan fingerprint density at radius 3 is 2.42 bits per heavy atom. The van der Waals surface area contributed by atoms with Crippen LogP contribution in [-0.2, 0) is 6.42 Å². The first-order chi connectivity index (χ1) is 9.04. The van der Waals surface area contributed by atoms with Gasteiger partial charge in [0.15, 0.2) is 0 Å². The van der Waals surface area contributed by atoms with Crippen LogP contribution >= 0.6 is 34.8 Å². The van der Waals surface area contributed by atoms with Crippen LogP contribution in [0.1, 0.15) is 5.69 Å². The standard InChI is InChI=1S/C13H6Cl3FN2/c14-9-3-4-10(15)12(16)11(9)8-2-1-7(5-6-18)19-13(8)17/h1-4H,5H2. The first-order valence-electron chi connectivity index (χ1n) is 5.21. The highest BCUT2D eigenvalue weighted by molar-refractivity contribution is 6.46. The van der Waals surface area contributed by atoms with Gasteiger partial charge < -0.3 is 0 Å². The fourth-order valence-electron chi connectivity index (χ4n) is 1.61. The van der Waals surface area contributed by atoms with Crippen LogP contribution in [-0.4, -0.2) is 4.98 Å². The maximum absolute atomic E-state index is 14.0. The summed E-state index contributed by atoms with van der Waals surface area (Å²) in [4.78, 5) is 3.70. The number of rotatable bonds is 2. The van der Waals surface area contributed by atoms with Crippen molar-refractivity contribution in [2.24, 2.45) is 0 Å². The molecule has 0 N–H and O–H groups in total. The maximum atomic E-state index is 14.0. The predicted octanol–water partition coefficient (Wildman–Crippen LogP) is 4.91. The van der Waals surface area contributed by atoms with Gasteiger partial charge in [-0.15, -0.1) is 0 Å². The molecule has 1 heterocycles. The van der Waals surface area contributed by atoms with Gasteiger partial charge >= 0.3 is 0 Å². The number of pyridine rings is 1. The predicted molar refractivity (Wildman–Crippen MR) is 74.0 cm³/mol. The number of hydrogen-bond acceptors (Lipinski definition) is 2. The van der Waals surface area contributed by atoms with E-state index in [1.165, 1.54) is 18.2 Å². The lowest BCUT2D eigenvalue weighted by atomic mass is 10.1. The molecule has 2 rings (SSSR count). The third-order valence-electron chi connectivity index (χ3n) is 2.48. The average molecular weight is 316 g/mol. The number of halogens is 4. The SMILES string of the molecule is N#CCc1ccc(-c2c(Cl)ccc(Cl)c2Cl)c(F)n1. The molecule has 0 spiro atoms. The minimum Gasteiger partial charge on any atom is -0.223 e.